The first-order valence-electron chi connectivity index (χ1n) is 5.99. The standard InChI is InChI=1S/C15H13ClN2OS/c16-13-6-4-5-12(9-13)10-17-18-15(19)11-20-14-7-2-1-3-8-14/h1-10H,11H2,(H,18,19)/b17-10+. The normalized spacial score (nSPS) is 10.7. The van der Waals surface area contributed by atoms with Crippen LogP contribution < -0.4 is 5.43 Å². The van der Waals surface area contributed by atoms with Crippen LogP contribution in [0.1, 0.15) is 5.56 Å². The van der Waals surface area contributed by atoms with Gasteiger partial charge in [-0.25, -0.2) is 5.43 Å². The average Bonchev–Trinajstić information content (AvgIpc) is 2.46. The maximum atomic E-state index is 11.6. The zero-order chi connectivity index (χ0) is 14.2. The van der Waals surface area contributed by atoms with Crippen molar-refractivity contribution in [3.05, 3.63) is 65.2 Å². The maximum Gasteiger partial charge on any atom is 0.250 e. The van der Waals surface area contributed by atoms with Crippen molar-refractivity contribution in [2.45, 2.75) is 4.90 Å². The van der Waals surface area contributed by atoms with Crippen LogP contribution in [0.5, 0.6) is 0 Å². The lowest BCUT2D eigenvalue weighted by atomic mass is 10.2. The summed E-state index contributed by atoms with van der Waals surface area (Å²) in [4.78, 5) is 12.7. The summed E-state index contributed by atoms with van der Waals surface area (Å²) in [7, 11) is 0. The highest BCUT2D eigenvalue weighted by Crippen LogP contribution is 2.16. The van der Waals surface area contributed by atoms with Gasteiger partial charge in [-0.1, -0.05) is 41.9 Å². The molecule has 0 saturated heterocycles. The molecule has 0 spiro atoms. The van der Waals surface area contributed by atoms with Gasteiger partial charge in [0.25, 0.3) is 0 Å². The Balaban J connectivity index is 1.78. The van der Waals surface area contributed by atoms with Crippen LogP contribution in [0.15, 0.2) is 64.6 Å². The van der Waals surface area contributed by atoms with Crippen LogP contribution >= 0.6 is 23.4 Å². The summed E-state index contributed by atoms with van der Waals surface area (Å²) in [5, 5.41) is 4.54. The third-order valence-electron chi connectivity index (χ3n) is 2.36. The van der Waals surface area contributed by atoms with Gasteiger partial charge in [0.1, 0.15) is 0 Å². The summed E-state index contributed by atoms with van der Waals surface area (Å²) in [5.41, 5.74) is 3.33. The van der Waals surface area contributed by atoms with E-state index < -0.39 is 0 Å². The van der Waals surface area contributed by atoms with E-state index in [1.807, 2.05) is 42.5 Å². The number of hydrogen-bond donors (Lipinski definition) is 1. The maximum absolute atomic E-state index is 11.6. The van der Waals surface area contributed by atoms with Crippen molar-refractivity contribution < 1.29 is 4.79 Å². The van der Waals surface area contributed by atoms with Gasteiger partial charge in [-0.3, -0.25) is 4.79 Å². The van der Waals surface area contributed by atoms with Crippen molar-refractivity contribution in [3.8, 4) is 0 Å². The number of nitrogens with zero attached hydrogens (tertiary/aromatic N) is 1. The zero-order valence-corrected chi connectivity index (χ0v) is 12.2. The molecule has 0 unspecified atom stereocenters. The van der Waals surface area contributed by atoms with Crippen molar-refractivity contribution in [2.75, 3.05) is 5.75 Å². The van der Waals surface area contributed by atoms with Crippen molar-refractivity contribution in [1.82, 2.24) is 5.43 Å². The van der Waals surface area contributed by atoms with E-state index in [4.69, 9.17) is 11.6 Å². The van der Waals surface area contributed by atoms with E-state index in [2.05, 4.69) is 10.5 Å². The number of hydrazone groups is 1. The minimum absolute atomic E-state index is 0.142. The quantitative estimate of drug-likeness (QED) is 0.521. The lowest BCUT2D eigenvalue weighted by Gasteiger charge is -2.00. The predicted octanol–water partition coefficient (Wildman–Crippen LogP) is 3.58. The lowest BCUT2D eigenvalue weighted by molar-refractivity contribution is -0.118. The van der Waals surface area contributed by atoms with Gasteiger partial charge >= 0.3 is 0 Å². The van der Waals surface area contributed by atoms with E-state index in [0.29, 0.717) is 10.8 Å². The molecule has 0 aromatic heterocycles. The smallest absolute Gasteiger partial charge is 0.250 e. The summed E-state index contributed by atoms with van der Waals surface area (Å²) in [5.74, 6) is 0.189. The molecule has 0 heterocycles. The third-order valence-corrected chi connectivity index (χ3v) is 3.61. The van der Waals surface area contributed by atoms with Crippen LogP contribution in [0.3, 0.4) is 0 Å². The fraction of sp³-hybridized carbons (Fsp3) is 0.0667. The second-order valence-electron chi connectivity index (χ2n) is 3.95. The fourth-order valence-electron chi connectivity index (χ4n) is 1.46. The lowest BCUT2D eigenvalue weighted by Crippen LogP contribution is -2.19. The number of carbonyl (C=O) groups excluding carboxylic acids is 1. The highest BCUT2D eigenvalue weighted by atomic mass is 35.5. The van der Waals surface area contributed by atoms with Gasteiger partial charge in [0.15, 0.2) is 0 Å². The average molecular weight is 305 g/mol. The van der Waals surface area contributed by atoms with Gasteiger partial charge in [0, 0.05) is 9.92 Å². The number of benzene rings is 2. The molecule has 3 nitrogen and oxygen atoms in total. The minimum Gasteiger partial charge on any atom is -0.272 e. The highest BCUT2D eigenvalue weighted by Gasteiger charge is 2.00. The van der Waals surface area contributed by atoms with Crippen LogP contribution in [0.4, 0.5) is 0 Å². The molecule has 0 aliphatic rings. The third kappa shape index (κ3) is 5.07. The summed E-state index contributed by atoms with van der Waals surface area (Å²) < 4.78 is 0. The minimum atomic E-state index is -0.142. The monoisotopic (exact) mass is 304 g/mol. The van der Waals surface area contributed by atoms with Gasteiger partial charge in [-0.2, -0.15) is 5.10 Å². The molecule has 0 atom stereocenters. The number of halogens is 1. The van der Waals surface area contributed by atoms with Crippen LogP contribution in [0.2, 0.25) is 5.02 Å². The second kappa shape index (κ2) is 7.72. The molecule has 1 amide bonds. The van der Waals surface area contributed by atoms with Crippen molar-refractivity contribution in [2.24, 2.45) is 5.10 Å². The van der Waals surface area contributed by atoms with Crippen molar-refractivity contribution in [3.63, 3.8) is 0 Å². The van der Waals surface area contributed by atoms with E-state index in [9.17, 15) is 4.79 Å². The van der Waals surface area contributed by atoms with Crippen LogP contribution in [0, 0.1) is 0 Å². The largest absolute Gasteiger partial charge is 0.272 e. The van der Waals surface area contributed by atoms with E-state index in [1.165, 1.54) is 11.8 Å². The van der Waals surface area contributed by atoms with E-state index >= 15 is 0 Å². The molecule has 20 heavy (non-hydrogen) atoms. The van der Waals surface area contributed by atoms with Gasteiger partial charge in [-0.15, -0.1) is 11.8 Å². The second-order valence-corrected chi connectivity index (χ2v) is 5.44. The Hall–Kier alpha value is -1.78. The molecule has 0 aliphatic carbocycles. The van der Waals surface area contributed by atoms with Gasteiger partial charge in [-0.05, 0) is 29.8 Å². The molecule has 0 saturated carbocycles. The molecule has 2 aromatic rings. The zero-order valence-electron chi connectivity index (χ0n) is 10.6. The molecular weight excluding hydrogens is 292 g/mol. The molecule has 5 heteroatoms. The first kappa shape index (κ1) is 14.6. The molecule has 0 bridgehead atoms. The van der Waals surface area contributed by atoms with Gasteiger partial charge in [0.05, 0.1) is 12.0 Å². The molecule has 2 aromatic carbocycles. The Bertz CT molecular complexity index is 602. The Morgan fingerprint density at radius 3 is 2.75 bits per heavy atom. The molecule has 0 radical (unpaired) electrons. The molecule has 0 aliphatic heterocycles. The van der Waals surface area contributed by atoms with E-state index in [0.717, 1.165) is 10.5 Å². The number of rotatable bonds is 5. The summed E-state index contributed by atoms with van der Waals surface area (Å²) in [6, 6.07) is 17.0. The number of nitrogens with one attached hydrogen (secondary N) is 1. The van der Waals surface area contributed by atoms with E-state index in [1.54, 1.807) is 18.3 Å². The van der Waals surface area contributed by atoms with Crippen molar-refractivity contribution in [1.29, 1.82) is 0 Å². The van der Waals surface area contributed by atoms with Crippen LogP contribution in [-0.4, -0.2) is 17.9 Å². The number of carbonyl (C=O) groups is 1. The number of hydrogen-bond acceptors (Lipinski definition) is 3. The summed E-state index contributed by atoms with van der Waals surface area (Å²) >= 11 is 7.32. The molecule has 1 N–H and O–H groups in total. The van der Waals surface area contributed by atoms with E-state index in [-0.39, 0.29) is 5.91 Å². The van der Waals surface area contributed by atoms with Gasteiger partial charge < -0.3 is 0 Å². The summed E-state index contributed by atoms with van der Waals surface area (Å²) in [6.45, 7) is 0. The highest BCUT2D eigenvalue weighted by molar-refractivity contribution is 8.00. The van der Waals surface area contributed by atoms with Crippen LogP contribution in [-0.2, 0) is 4.79 Å². The molecular formula is C15H13ClN2OS. The first-order chi connectivity index (χ1) is 9.74. The van der Waals surface area contributed by atoms with Gasteiger partial charge in [0.2, 0.25) is 5.91 Å². The summed E-state index contributed by atoms with van der Waals surface area (Å²) in [6.07, 6.45) is 1.57. The SMILES string of the molecule is O=C(CSc1ccccc1)N/N=C/c1cccc(Cl)c1. The predicted molar refractivity (Wildman–Crippen MR) is 84.4 cm³/mol. The van der Waals surface area contributed by atoms with Crippen LogP contribution in [0.25, 0.3) is 0 Å². The molecule has 2 rings (SSSR count). The number of amides is 1. The van der Waals surface area contributed by atoms with Crippen molar-refractivity contribution >= 4 is 35.5 Å². The topological polar surface area (TPSA) is 41.5 Å². The Kier molecular flexibility index (Phi) is 5.65. The Morgan fingerprint density at radius 1 is 1.20 bits per heavy atom. The number of thioether (sulfide) groups is 1. The molecule has 102 valence electrons. The fourth-order valence-corrected chi connectivity index (χ4v) is 2.37. The molecule has 0 fully saturated rings. The Labute approximate surface area is 127 Å². The Morgan fingerprint density at radius 2 is 2.00 bits per heavy atom. The first-order valence-corrected chi connectivity index (χ1v) is 7.36.